The number of carbonyl (C=O) groups is 1. The molecular weight excluding hydrogens is 168 g/mol. The van der Waals surface area contributed by atoms with Crippen LogP contribution >= 0.6 is 0 Å². The molecular formula is C9H12N2O2. The molecule has 1 aromatic rings. The van der Waals surface area contributed by atoms with Crippen molar-refractivity contribution in [2.75, 3.05) is 0 Å². The van der Waals surface area contributed by atoms with Crippen LogP contribution in [0, 0.1) is 5.92 Å². The average molecular weight is 180 g/mol. The van der Waals surface area contributed by atoms with Gasteiger partial charge in [-0.3, -0.25) is 0 Å². The topological polar surface area (TPSA) is 55.1 Å². The molecule has 0 amide bonds. The molecule has 0 aliphatic heterocycles. The lowest BCUT2D eigenvalue weighted by molar-refractivity contribution is 0.0691. The van der Waals surface area contributed by atoms with E-state index in [2.05, 4.69) is 11.9 Å². The Bertz CT molecular complexity index is 328. The molecule has 1 heterocycles. The lowest BCUT2D eigenvalue weighted by atomic mass is 10.2. The van der Waals surface area contributed by atoms with Crippen molar-refractivity contribution in [3.8, 4) is 0 Å². The monoisotopic (exact) mass is 180 g/mol. The van der Waals surface area contributed by atoms with Crippen LogP contribution in [-0.4, -0.2) is 20.6 Å². The van der Waals surface area contributed by atoms with Gasteiger partial charge in [0.25, 0.3) is 0 Å². The molecule has 0 spiro atoms. The van der Waals surface area contributed by atoms with Gasteiger partial charge >= 0.3 is 5.97 Å². The molecule has 0 aromatic carbocycles. The first-order valence-corrected chi connectivity index (χ1v) is 4.45. The Kier molecular flexibility index (Phi) is 1.83. The predicted octanol–water partition coefficient (Wildman–Crippen LogP) is 1.55. The van der Waals surface area contributed by atoms with Crippen molar-refractivity contribution in [3.05, 3.63) is 18.2 Å². The summed E-state index contributed by atoms with van der Waals surface area (Å²) in [5, 5.41) is 8.66. The number of carboxylic acids is 1. The van der Waals surface area contributed by atoms with Gasteiger partial charge in [0, 0.05) is 12.2 Å². The summed E-state index contributed by atoms with van der Waals surface area (Å²) < 4.78 is 1.89. The molecule has 70 valence electrons. The molecule has 4 heteroatoms. The summed E-state index contributed by atoms with van der Waals surface area (Å²) in [7, 11) is 0. The molecule has 1 N–H and O–H groups in total. The molecule has 2 rings (SSSR count). The molecule has 0 radical (unpaired) electrons. The van der Waals surface area contributed by atoms with Gasteiger partial charge < -0.3 is 9.67 Å². The molecule has 1 aliphatic rings. The highest BCUT2D eigenvalue weighted by molar-refractivity contribution is 5.84. The first-order chi connectivity index (χ1) is 6.18. The number of imidazole rings is 1. The first-order valence-electron chi connectivity index (χ1n) is 4.45. The predicted molar refractivity (Wildman–Crippen MR) is 46.6 cm³/mol. The average Bonchev–Trinajstić information content (AvgIpc) is 2.81. The number of hydrogen-bond acceptors (Lipinski definition) is 2. The van der Waals surface area contributed by atoms with Gasteiger partial charge in [0.2, 0.25) is 0 Å². The first kappa shape index (κ1) is 8.29. The molecule has 13 heavy (non-hydrogen) atoms. The maximum atomic E-state index is 10.5. The van der Waals surface area contributed by atoms with Crippen LogP contribution < -0.4 is 0 Å². The largest absolute Gasteiger partial charge is 0.476 e. The lowest BCUT2D eigenvalue weighted by Crippen LogP contribution is -2.04. The van der Waals surface area contributed by atoms with E-state index in [0.717, 1.165) is 5.92 Å². The smallest absolute Gasteiger partial charge is 0.356 e. The molecule has 1 aromatic heterocycles. The Morgan fingerprint density at radius 2 is 2.46 bits per heavy atom. The fourth-order valence-corrected chi connectivity index (χ4v) is 1.49. The molecule has 0 unspecified atom stereocenters. The number of aromatic carboxylic acids is 1. The van der Waals surface area contributed by atoms with E-state index < -0.39 is 5.97 Å². The number of nitrogens with zero attached hydrogens (tertiary/aromatic N) is 2. The fraction of sp³-hybridized carbons (Fsp3) is 0.556. The van der Waals surface area contributed by atoms with E-state index in [9.17, 15) is 4.79 Å². The SMILES string of the molecule is C[C@@H](C1CC1)n1cnc(C(=O)O)c1. The van der Waals surface area contributed by atoms with Gasteiger partial charge in [-0.2, -0.15) is 0 Å². The molecule has 0 bridgehead atoms. The van der Waals surface area contributed by atoms with Gasteiger partial charge in [0.05, 0.1) is 6.33 Å². The van der Waals surface area contributed by atoms with Crippen molar-refractivity contribution in [1.82, 2.24) is 9.55 Å². The third-order valence-electron chi connectivity index (χ3n) is 2.60. The molecule has 0 saturated heterocycles. The van der Waals surface area contributed by atoms with Gasteiger partial charge in [0.1, 0.15) is 0 Å². The normalized spacial score (nSPS) is 18.5. The summed E-state index contributed by atoms with van der Waals surface area (Å²) in [6.45, 7) is 2.10. The second-order valence-electron chi connectivity index (χ2n) is 3.59. The molecule has 1 saturated carbocycles. The highest BCUT2D eigenvalue weighted by Crippen LogP contribution is 2.39. The Morgan fingerprint density at radius 3 is 2.92 bits per heavy atom. The zero-order chi connectivity index (χ0) is 9.42. The van der Waals surface area contributed by atoms with Crippen molar-refractivity contribution in [2.24, 2.45) is 5.92 Å². The standard InChI is InChI=1S/C9H12N2O2/c1-6(7-2-3-7)11-4-8(9(12)13)10-5-11/h4-7H,2-3H2,1H3,(H,12,13)/t6-/m0/s1. The zero-order valence-electron chi connectivity index (χ0n) is 7.47. The van der Waals surface area contributed by atoms with Crippen molar-refractivity contribution < 1.29 is 9.90 Å². The van der Waals surface area contributed by atoms with Crippen LogP contribution in [0.4, 0.5) is 0 Å². The van der Waals surface area contributed by atoms with Crippen molar-refractivity contribution >= 4 is 5.97 Å². The fourth-order valence-electron chi connectivity index (χ4n) is 1.49. The van der Waals surface area contributed by atoms with E-state index in [1.807, 2.05) is 4.57 Å². The molecule has 1 aliphatic carbocycles. The Morgan fingerprint density at radius 1 is 1.77 bits per heavy atom. The highest BCUT2D eigenvalue weighted by Gasteiger charge is 2.29. The van der Waals surface area contributed by atoms with Crippen molar-refractivity contribution in [3.63, 3.8) is 0 Å². The Labute approximate surface area is 76.2 Å². The van der Waals surface area contributed by atoms with Crippen LogP contribution in [0.15, 0.2) is 12.5 Å². The van der Waals surface area contributed by atoms with Crippen LogP contribution in [0.3, 0.4) is 0 Å². The summed E-state index contributed by atoms with van der Waals surface area (Å²) in [6.07, 6.45) is 5.71. The minimum absolute atomic E-state index is 0.132. The second-order valence-corrected chi connectivity index (χ2v) is 3.59. The summed E-state index contributed by atoms with van der Waals surface area (Å²) in [5.41, 5.74) is 0.132. The van der Waals surface area contributed by atoms with Crippen molar-refractivity contribution in [2.45, 2.75) is 25.8 Å². The second kappa shape index (κ2) is 2.87. The van der Waals surface area contributed by atoms with Gasteiger partial charge in [0.15, 0.2) is 5.69 Å². The van der Waals surface area contributed by atoms with E-state index >= 15 is 0 Å². The zero-order valence-corrected chi connectivity index (χ0v) is 7.47. The van der Waals surface area contributed by atoms with Crippen LogP contribution in [-0.2, 0) is 0 Å². The number of hydrogen-bond donors (Lipinski definition) is 1. The number of carboxylic acid groups (broad SMARTS) is 1. The van der Waals surface area contributed by atoms with Gasteiger partial charge in [-0.25, -0.2) is 9.78 Å². The molecule has 1 fully saturated rings. The molecule has 1 atom stereocenters. The summed E-state index contributed by atoms with van der Waals surface area (Å²) in [4.78, 5) is 14.4. The minimum atomic E-state index is -0.957. The van der Waals surface area contributed by atoms with Crippen LogP contribution in [0.25, 0.3) is 0 Å². The Hall–Kier alpha value is -1.32. The highest BCUT2D eigenvalue weighted by atomic mass is 16.4. The van der Waals surface area contributed by atoms with Gasteiger partial charge in [-0.05, 0) is 25.7 Å². The third kappa shape index (κ3) is 1.56. The minimum Gasteiger partial charge on any atom is -0.476 e. The van der Waals surface area contributed by atoms with Gasteiger partial charge in [-0.1, -0.05) is 0 Å². The van der Waals surface area contributed by atoms with Crippen molar-refractivity contribution in [1.29, 1.82) is 0 Å². The molecule has 4 nitrogen and oxygen atoms in total. The van der Waals surface area contributed by atoms with E-state index in [1.165, 1.54) is 12.8 Å². The number of rotatable bonds is 3. The van der Waals surface area contributed by atoms with Gasteiger partial charge in [-0.15, -0.1) is 0 Å². The van der Waals surface area contributed by atoms with Crippen LogP contribution in [0.1, 0.15) is 36.3 Å². The van der Waals surface area contributed by atoms with E-state index in [4.69, 9.17) is 5.11 Å². The van der Waals surface area contributed by atoms with E-state index in [0.29, 0.717) is 6.04 Å². The summed E-state index contributed by atoms with van der Waals surface area (Å²) in [6, 6.07) is 0.389. The lowest BCUT2D eigenvalue weighted by Gasteiger charge is -2.10. The maximum Gasteiger partial charge on any atom is 0.356 e. The summed E-state index contributed by atoms with van der Waals surface area (Å²) >= 11 is 0. The Balaban J connectivity index is 2.16. The van der Waals surface area contributed by atoms with E-state index in [-0.39, 0.29) is 5.69 Å². The van der Waals surface area contributed by atoms with E-state index in [1.54, 1.807) is 12.5 Å². The maximum absolute atomic E-state index is 10.5. The number of aromatic nitrogens is 2. The van der Waals surface area contributed by atoms with Crippen LogP contribution in [0.5, 0.6) is 0 Å². The quantitative estimate of drug-likeness (QED) is 0.767. The van der Waals surface area contributed by atoms with Crippen LogP contribution in [0.2, 0.25) is 0 Å². The summed E-state index contributed by atoms with van der Waals surface area (Å²) in [5.74, 6) is -0.238. The third-order valence-corrected chi connectivity index (χ3v) is 2.60.